The zero-order valence-corrected chi connectivity index (χ0v) is 12.0. The van der Waals surface area contributed by atoms with Gasteiger partial charge < -0.3 is 15.0 Å². The van der Waals surface area contributed by atoms with E-state index >= 15 is 0 Å². The maximum Gasteiger partial charge on any atom is 0.0483 e. The van der Waals surface area contributed by atoms with Gasteiger partial charge in [0.05, 0.1) is 0 Å². The van der Waals surface area contributed by atoms with Crippen LogP contribution in [0.15, 0.2) is 30.5 Å². The van der Waals surface area contributed by atoms with E-state index in [1.807, 2.05) is 0 Å². The van der Waals surface area contributed by atoms with Gasteiger partial charge in [0.1, 0.15) is 0 Å². The molecule has 1 fully saturated rings. The fraction of sp³-hybridized carbons (Fsp3) is 0.529. The third kappa shape index (κ3) is 3.22. The van der Waals surface area contributed by atoms with Crippen molar-refractivity contribution >= 4 is 10.9 Å². The van der Waals surface area contributed by atoms with Crippen LogP contribution in [-0.2, 0) is 13.1 Å². The van der Waals surface area contributed by atoms with Gasteiger partial charge in [0.25, 0.3) is 0 Å². The Balaban J connectivity index is 1.72. The van der Waals surface area contributed by atoms with Crippen molar-refractivity contribution < 1.29 is 5.11 Å². The third-order valence-corrected chi connectivity index (χ3v) is 4.09. The number of aliphatic hydroxyl groups is 1. The van der Waals surface area contributed by atoms with Crippen molar-refractivity contribution in [2.45, 2.75) is 51.2 Å². The lowest BCUT2D eigenvalue weighted by Gasteiger charge is -2.04. The van der Waals surface area contributed by atoms with Crippen LogP contribution in [0.1, 0.15) is 37.7 Å². The van der Waals surface area contributed by atoms with Crippen molar-refractivity contribution in [3.05, 3.63) is 36.0 Å². The number of aromatic nitrogens is 1. The quantitative estimate of drug-likeness (QED) is 0.725. The average molecular weight is 272 g/mol. The van der Waals surface area contributed by atoms with Crippen LogP contribution in [0.4, 0.5) is 0 Å². The van der Waals surface area contributed by atoms with Crippen LogP contribution in [0.2, 0.25) is 0 Å². The molecular formula is C17H24N2O. The summed E-state index contributed by atoms with van der Waals surface area (Å²) in [7, 11) is 0. The number of rotatable bonds is 8. The van der Waals surface area contributed by atoms with Crippen molar-refractivity contribution in [3.8, 4) is 0 Å². The summed E-state index contributed by atoms with van der Waals surface area (Å²) >= 11 is 0. The van der Waals surface area contributed by atoms with Crippen molar-refractivity contribution in [1.82, 2.24) is 9.88 Å². The van der Waals surface area contributed by atoms with Crippen LogP contribution in [0.25, 0.3) is 10.9 Å². The first-order valence-electron chi connectivity index (χ1n) is 7.79. The predicted octanol–water partition coefficient (Wildman–Crippen LogP) is 3.06. The standard InChI is InChI=1S/C17H24N2O/c20-11-5-1-4-10-19-13-14(12-18-15-8-9-15)16-6-2-3-7-17(16)19/h2-3,6-7,13,15,18,20H,1,4-5,8-12H2. The Labute approximate surface area is 120 Å². The monoisotopic (exact) mass is 272 g/mol. The van der Waals surface area contributed by atoms with E-state index in [9.17, 15) is 0 Å². The molecule has 2 N–H and O–H groups in total. The molecular weight excluding hydrogens is 248 g/mol. The first kappa shape index (κ1) is 13.7. The highest BCUT2D eigenvalue weighted by Gasteiger charge is 2.20. The molecule has 1 aromatic heterocycles. The number of para-hydroxylation sites is 1. The molecule has 0 unspecified atom stereocenters. The first-order chi connectivity index (χ1) is 9.88. The third-order valence-electron chi connectivity index (χ3n) is 4.09. The van der Waals surface area contributed by atoms with E-state index in [1.165, 1.54) is 29.3 Å². The number of fused-ring (bicyclic) bond motifs is 1. The minimum absolute atomic E-state index is 0.309. The molecule has 1 heterocycles. The van der Waals surface area contributed by atoms with Gasteiger partial charge in [-0.05, 0) is 43.7 Å². The summed E-state index contributed by atoms with van der Waals surface area (Å²) in [6, 6.07) is 9.43. The smallest absolute Gasteiger partial charge is 0.0483 e. The highest BCUT2D eigenvalue weighted by atomic mass is 16.2. The molecule has 3 nitrogen and oxygen atoms in total. The number of unbranched alkanes of at least 4 members (excludes halogenated alkanes) is 2. The minimum atomic E-state index is 0.309. The van der Waals surface area contributed by atoms with Gasteiger partial charge >= 0.3 is 0 Å². The second-order valence-corrected chi connectivity index (χ2v) is 5.80. The van der Waals surface area contributed by atoms with Gasteiger partial charge in [-0.25, -0.2) is 0 Å². The molecule has 0 aliphatic heterocycles. The van der Waals surface area contributed by atoms with Crippen LogP contribution in [0.3, 0.4) is 0 Å². The highest BCUT2D eigenvalue weighted by Crippen LogP contribution is 2.24. The van der Waals surface area contributed by atoms with E-state index in [1.54, 1.807) is 0 Å². The number of aryl methyl sites for hydroxylation is 1. The second kappa shape index (κ2) is 6.42. The molecule has 0 radical (unpaired) electrons. The van der Waals surface area contributed by atoms with E-state index < -0.39 is 0 Å². The number of hydrogen-bond acceptors (Lipinski definition) is 2. The zero-order valence-electron chi connectivity index (χ0n) is 12.0. The van der Waals surface area contributed by atoms with Crippen LogP contribution < -0.4 is 5.32 Å². The molecule has 0 amide bonds. The van der Waals surface area contributed by atoms with Crippen LogP contribution in [0, 0.1) is 0 Å². The summed E-state index contributed by atoms with van der Waals surface area (Å²) in [5.74, 6) is 0. The fourth-order valence-corrected chi connectivity index (χ4v) is 2.76. The summed E-state index contributed by atoms with van der Waals surface area (Å²) in [5, 5.41) is 13.8. The Bertz CT molecular complexity index is 557. The Morgan fingerprint density at radius 3 is 2.80 bits per heavy atom. The highest BCUT2D eigenvalue weighted by molar-refractivity contribution is 5.83. The Hall–Kier alpha value is -1.32. The zero-order chi connectivity index (χ0) is 13.8. The van der Waals surface area contributed by atoms with Crippen molar-refractivity contribution in [2.75, 3.05) is 6.61 Å². The molecule has 3 heteroatoms. The van der Waals surface area contributed by atoms with E-state index in [0.717, 1.165) is 38.4 Å². The Morgan fingerprint density at radius 2 is 2.00 bits per heavy atom. The Kier molecular flexibility index (Phi) is 4.38. The van der Waals surface area contributed by atoms with E-state index in [4.69, 9.17) is 5.11 Å². The van der Waals surface area contributed by atoms with Crippen molar-refractivity contribution in [3.63, 3.8) is 0 Å². The normalized spacial score (nSPS) is 15.1. The molecule has 1 aliphatic carbocycles. The largest absolute Gasteiger partial charge is 0.396 e. The van der Waals surface area contributed by atoms with E-state index in [-0.39, 0.29) is 0 Å². The molecule has 1 aliphatic rings. The van der Waals surface area contributed by atoms with Crippen LogP contribution in [-0.4, -0.2) is 22.3 Å². The van der Waals surface area contributed by atoms with Gasteiger partial charge in [-0.1, -0.05) is 18.2 Å². The van der Waals surface area contributed by atoms with Gasteiger partial charge in [-0.2, -0.15) is 0 Å². The first-order valence-corrected chi connectivity index (χ1v) is 7.79. The molecule has 1 aromatic carbocycles. The second-order valence-electron chi connectivity index (χ2n) is 5.80. The molecule has 2 aromatic rings. The number of aliphatic hydroxyl groups excluding tert-OH is 1. The van der Waals surface area contributed by atoms with Gasteiger partial charge in [0.15, 0.2) is 0 Å². The number of benzene rings is 1. The molecule has 20 heavy (non-hydrogen) atoms. The number of hydrogen-bond donors (Lipinski definition) is 2. The van der Waals surface area contributed by atoms with Gasteiger partial charge in [-0.3, -0.25) is 0 Å². The van der Waals surface area contributed by atoms with E-state index in [0.29, 0.717) is 6.61 Å². The average Bonchev–Trinajstić information content (AvgIpc) is 3.24. The lowest BCUT2D eigenvalue weighted by molar-refractivity contribution is 0.282. The van der Waals surface area contributed by atoms with Crippen LogP contribution >= 0.6 is 0 Å². The summed E-state index contributed by atoms with van der Waals surface area (Å²) in [6.45, 7) is 2.34. The SMILES string of the molecule is OCCCCCn1cc(CNC2CC2)c2ccccc21. The lowest BCUT2D eigenvalue weighted by atomic mass is 10.2. The Morgan fingerprint density at radius 1 is 1.15 bits per heavy atom. The van der Waals surface area contributed by atoms with E-state index in [2.05, 4.69) is 40.3 Å². The van der Waals surface area contributed by atoms with Crippen molar-refractivity contribution in [2.24, 2.45) is 0 Å². The molecule has 1 saturated carbocycles. The molecule has 108 valence electrons. The fourth-order valence-electron chi connectivity index (χ4n) is 2.76. The summed E-state index contributed by atoms with van der Waals surface area (Å²) in [4.78, 5) is 0. The van der Waals surface area contributed by atoms with Gasteiger partial charge in [0, 0.05) is 42.8 Å². The maximum atomic E-state index is 8.85. The number of nitrogens with zero attached hydrogens (tertiary/aromatic N) is 1. The molecule has 0 saturated heterocycles. The van der Waals surface area contributed by atoms with Gasteiger partial charge in [0.2, 0.25) is 0 Å². The van der Waals surface area contributed by atoms with Crippen LogP contribution in [0.5, 0.6) is 0 Å². The molecule has 3 rings (SSSR count). The summed E-state index contributed by atoms with van der Waals surface area (Å²) in [6.07, 6.45) is 8.11. The lowest BCUT2D eigenvalue weighted by Crippen LogP contribution is -2.14. The topological polar surface area (TPSA) is 37.2 Å². The molecule has 0 spiro atoms. The maximum absolute atomic E-state index is 8.85. The predicted molar refractivity (Wildman–Crippen MR) is 82.7 cm³/mol. The number of nitrogens with one attached hydrogen (secondary N) is 1. The minimum Gasteiger partial charge on any atom is -0.396 e. The summed E-state index contributed by atoms with van der Waals surface area (Å²) in [5.41, 5.74) is 2.75. The molecule has 0 bridgehead atoms. The summed E-state index contributed by atoms with van der Waals surface area (Å²) < 4.78 is 2.37. The van der Waals surface area contributed by atoms with Crippen molar-refractivity contribution in [1.29, 1.82) is 0 Å². The van der Waals surface area contributed by atoms with Gasteiger partial charge in [-0.15, -0.1) is 0 Å². The molecule has 0 atom stereocenters.